The molecule has 1 aromatic heterocycles. The number of fused-ring (bicyclic) bond motifs is 1. The molecular formula is C22H24N6O2. The molecule has 30 heavy (non-hydrogen) atoms. The van der Waals surface area contributed by atoms with Crippen LogP contribution >= 0.6 is 0 Å². The molecule has 1 saturated heterocycles. The summed E-state index contributed by atoms with van der Waals surface area (Å²) in [6.45, 7) is 4.33. The predicted molar refractivity (Wildman–Crippen MR) is 115 cm³/mol. The standard InChI is InChI=1S/C22H24N6O2/c29-21(10-11-27-12-14-28(15-13-27)17-6-2-1-3-7-17)25-26-22(30)20-16-23-18-8-4-5-9-19(18)24-20/h1-9,16H,10-15H2,(H,25,29)(H,26,30). The van der Waals surface area contributed by atoms with Crippen LogP contribution in [0.3, 0.4) is 0 Å². The topological polar surface area (TPSA) is 90.5 Å². The molecule has 8 nitrogen and oxygen atoms in total. The Morgan fingerprint density at radius 3 is 2.33 bits per heavy atom. The lowest BCUT2D eigenvalue weighted by atomic mass is 10.2. The van der Waals surface area contributed by atoms with Gasteiger partial charge in [0.2, 0.25) is 5.91 Å². The Kier molecular flexibility index (Phi) is 6.14. The third-order valence-electron chi connectivity index (χ3n) is 5.15. The third-order valence-corrected chi connectivity index (χ3v) is 5.15. The van der Waals surface area contributed by atoms with Crippen LogP contribution in [0.2, 0.25) is 0 Å². The largest absolute Gasteiger partial charge is 0.369 e. The third kappa shape index (κ3) is 4.90. The fourth-order valence-electron chi connectivity index (χ4n) is 3.45. The van der Waals surface area contributed by atoms with Gasteiger partial charge in [-0.05, 0) is 24.3 Å². The minimum absolute atomic E-state index is 0.158. The highest BCUT2D eigenvalue weighted by atomic mass is 16.2. The van der Waals surface area contributed by atoms with Gasteiger partial charge in [0.1, 0.15) is 5.69 Å². The van der Waals surface area contributed by atoms with Gasteiger partial charge in [0.25, 0.3) is 5.91 Å². The molecule has 0 atom stereocenters. The lowest BCUT2D eigenvalue weighted by molar-refractivity contribution is -0.122. The highest BCUT2D eigenvalue weighted by Gasteiger charge is 2.18. The number of para-hydroxylation sites is 3. The molecule has 1 aliphatic heterocycles. The van der Waals surface area contributed by atoms with Crippen molar-refractivity contribution >= 4 is 28.5 Å². The molecule has 0 bridgehead atoms. The molecule has 2 aromatic carbocycles. The minimum Gasteiger partial charge on any atom is -0.369 e. The van der Waals surface area contributed by atoms with Crippen molar-refractivity contribution in [1.29, 1.82) is 0 Å². The number of carbonyl (C=O) groups excluding carboxylic acids is 2. The number of nitrogens with one attached hydrogen (secondary N) is 2. The summed E-state index contributed by atoms with van der Waals surface area (Å²) in [5.41, 5.74) is 7.61. The van der Waals surface area contributed by atoms with E-state index in [-0.39, 0.29) is 11.6 Å². The number of hydrogen-bond donors (Lipinski definition) is 2. The van der Waals surface area contributed by atoms with Crippen LogP contribution in [0.25, 0.3) is 11.0 Å². The van der Waals surface area contributed by atoms with Gasteiger partial charge in [-0.15, -0.1) is 0 Å². The number of amides is 2. The molecule has 1 fully saturated rings. The number of nitrogens with zero attached hydrogens (tertiary/aromatic N) is 4. The molecule has 2 amide bonds. The van der Waals surface area contributed by atoms with E-state index in [4.69, 9.17) is 0 Å². The van der Waals surface area contributed by atoms with Crippen LogP contribution in [0.1, 0.15) is 16.9 Å². The van der Waals surface area contributed by atoms with E-state index in [1.807, 2.05) is 36.4 Å². The number of aromatic nitrogens is 2. The number of rotatable bonds is 5. The Bertz CT molecular complexity index is 1020. The molecular weight excluding hydrogens is 380 g/mol. The van der Waals surface area contributed by atoms with Gasteiger partial charge >= 0.3 is 0 Å². The first kappa shape index (κ1) is 19.8. The van der Waals surface area contributed by atoms with E-state index in [9.17, 15) is 9.59 Å². The number of carbonyl (C=O) groups is 2. The maximum Gasteiger partial charge on any atom is 0.289 e. The molecule has 154 valence electrons. The Morgan fingerprint density at radius 1 is 0.867 bits per heavy atom. The molecule has 0 saturated carbocycles. The summed E-state index contributed by atoms with van der Waals surface area (Å²) in [5.74, 6) is -0.722. The van der Waals surface area contributed by atoms with E-state index in [2.05, 4.69) is 42.8 Å². The van der Waals surface area contributed by atoms with Crippen molar-refractivity contribution in [3.05, 3.63) is 66.5 Å². The van der Waals surface area contributed by atoms with Gasteiger partial charge in [0.15, 0.2) is 0 Å². The zero-order valence-electron chi connectivity index (χ0n) is 16.6. The molecule has 0 aliphatic carbocycles. The van der Waals surface area contributed by atoms with E-state index < -0.39 is 5.91 Å². The van der Waals surface area contributed by atoms with Crippen molar-refractivity contribution in [3.63, 3.8) is 0 Å². The first-order valence-corrected chi connectivity index (χ1v) is 10.0. The highest BCUT2D eigenvalue weighted by molar-refractivity contribution is 5.94. The number of anilines is 1. The fraction of sp³-hybridized carbons (Fsp3) is 0.273. The van der Waals surface area contributed by atoms with Crippen molar-refractivity contribution < 1.29 is 9.59 Å². The van der Waals surface area contributed by atoms with Crippen LogP contribution in [-0.4, -0.2) is 59.4 Å². The maximum atomic E-state index is 12.2. The molecule has 2 N–H and O–H groups in total. The Labute approximate surface area is 174 Å². The second-order valence-corrected chi connectivity index (χ2v) is 7.16. The SMILES string of the molecule is O=C(CCN1CCN(c2ccccc2)CC1)NNC(=O)c1cnc2ccccc2n1. The second-order valence-electron chi connectivity index (χ2n) is 7.16. The highest BCUT2D eigenvalue weighted by Crippen LogP contribution is 2.15. The Balaban J connectivity index is 1.19. The summed E-state index contributed by atoms with van der Waals surface area (Å²) >= 11 is 0. The molecule has 1 aliphatic rings. The van der Waals surface area contributed by atoms with Crippen LogP contribution in [0.5, 0.6) is 0 Å². The minimum atomic E-state index is -0.488. The zero-order chi connectivity index (χ0) is 20.8. The molecule has 4 rings (SSSR count). The maximum absolute atomic E-state index is 12.2. The van der Waals surface area contributed by atoms with Gasteiger partial charge in [-0.1, -0.05) is 30.3 Å². The van der Waals surface area contributed by atoms with Crippen LogP contribution in [0.4, 0.5) is 5.69 Å². The number of benzene rings is 2. The summed E-state index contributed by atoms with van der Waals surface area (Å²) in [4.78, 5) is 37.4. The first-order chi connectivity index (χ1) is 14.7. The Hall–Kier alpha value is -3.52. The van der Waals surface area contributed by atoms with Crippen molar-refractivity contribution in [2.45, 2.75) is 6.42 Å². The van der Waals surface area contributed by atoms with E-state index in [1.165, 1.54) is 11.9 Å². The average molecular weight is 404 g/mol. The lowest BCUT2D eigenvalue weighted by Gasteiger charge is -2.36. The normalized spacial score (nSPS) is 14.5. The van der Waals surface area contributed by atoms with E-state index >= 15 is 0 Å². The van der Waals surface area contributed by atoms with Gasteiger partial charge in [-0.3, -0.25) is 30.3 Å². The van der Waals surface area contributed by atoms with E-state index in [0.717, 1.165) is 26.2 Å². The lowest BCUT2D eigenvalue weighted by Crippen LogP contribution is -2.48. The molecule has 3 aromatic rings. The van der Waals surface area contributed by atoms with E-state index in [1.54, 1.807) is 6.07 Å². The first-order valence-electron chi connectivity index (χ1n) is 10.0. The van der Waals surface area contributed by atoms with Crippen molar-refractivity contribution in [2.75, 3.05) is 37.6 Å². The number of hydrogen-bond acceptors (Lipinski definition) is 6. The number of hydrazine groups is 1. The van der Waals surface area contributed by atoms with Gasteiger partial charge in [-0.25, -0.2) is 4.98 Å². The molecule has 2 heterocycles. The fourth-order valence-corrected chi connectivity index (χ4v) is 3.45. The van der Waals surface area contributed by atoms with Crippen molar-refractivity contribution in [1.82, 2.24) is 25.7 Å². The van der Waals surface area contributed by atoms with Crippen molar-refractivity contribution in [3.8, 4) is 0 Å². The van der Waals surface area contributed by atoms with E-state index in [0.29, 0.717) is 24.0 Å². The van der Waals surface area contributed by atoms with Crippen LogP contribution in [-0.2, 0) is 4.79 Å². The summed E-state index contributed by atoms with van der Waals surface area (Å²) in [6.07, 6.45) is 1.71. The Morgan fingerprint density at radius 2 is 1.57 bits per heavy atom. The van der Waals surface area contributed by atoms with Gasteiger partial charge < -0.3 is 4.90 Å². The van der Waals surface area contributed by atoms with Crippen LogP contribution in [0, 0.1) is 0 Å². The second kappa shape index (κ2) is 9.32. The molecule has 0 spiro atoms. The molecule has 8 heteroatoms. The summed E-state index contributed by atoms with van der Waals surface area (Å²) in [7, 11) is 0. The van der Waals surface area contributed by atoms with Crippen LogP contribution in [0.15, 0.2) is 60.8 Å². The molecule has 0 radical (unpaired) electrons. The number of piperazine rings is 1. The quantitative estimate of drug-likeness (QED) is 0.628. The molecule has 0 unspecified atom stereocenters. The summed E-state index contributed by atoms with van der Waals surface area (Å²) in [6, 6.07) is 17.6. The zero-order valence-corrected chi connectivity index (χ0v) is 16.6. The van der Waals surface area contributed by atoms with Gasteiger partial charge in [0.05, 0.1) is 17.2 Å². The monoisotopic (exact) mass is 404 g/mol. The predicted octanol–water partition coefficient (Wildman–Crippen LogP) is 1.60. The summed E-state index contributed by atoms with van der Waals surface area (Å²) < 4.78 is 0. The van der Waals surface area contributed by atoms with Gasteiger partial charge in [-0.2, -0.15) is 0 Å². The van der Waals surface area contributed by atoms with Crippen LogP contribution < -0.4 is 15.8 Å². The van der Waals surface area contributed by atoms with Gasteiger partial charge in [0, 0.05) is 44.8 Å². The smallest absolute Gasteiger partial charge is 0.289 e. The average Bonchev–Trinajstić information content (AvgIpc) is 2.81. The van der Waals surface area contributed by atoms with Crippen molar-refractivity contribution in [2.24, 2.45) is 0 Å². The summed E-state index contributed by atoms with van der Waals surface area (Å²) in [5, 5.41) is 0.